The van der Waals surface area contributed by atoms with E-state index in [4.69, 9.17) is 10.5 Å². The quantitative estimate of drug-likeness (QED) is 0.460. The van der Waals surface area contributed by atoms with Crippen molar-refractivity contribution in [2.75, 3.05) is 5.73 Å². The molecule has 0 saturated heterocycles. The zero-order valence-electron chi connectivity index (χ0n) is 16.3. The molecule has 4 N–H and O–H groups in total. The number of carbonyl (C=O) groups is 2. The second kappa shape index (κ2) is 10.2. The fourth-order valence-electron chi connectivity index (χ4n) is 2.12. The normalized spacial score (nSPS) is 13.2. The number of hydrogen-bond acceptors (Lipinski definition) is 5. The summed E-state index contributed by atoms with van der Waals surface area (Å²) in [5.74, 6) is -0.896. The van der Waals surface area contributed by atoms with E-state index in [1.165, 1.54) is 30.0 Å². The minimum atomic E-state index is -0.754. The Balaban J connectivity index is 2.72. The Labute approximate surface area is 164 Å². The predicted molar refractivity (Wildman–Crippen MR) is 107 cm³/mol. The summed E-state index contributed by atoms with van der Waals surface area (Å²) in [5, 5.41) is 5.39. The Hall–Kier alpha value is -2.22. The van der Waals surface area contributed by atoms with Gasteiger partial charge in [-0.3, -0.25) is 4.79 Å². The molecule has 0 unspecified atom stereocenters. The molecule has 0 spiro atoms. The Kier molecular flexibility index (Phi) is 8.62. The zero-order chi connectivity index (χ0) is 20.7. The molecular weight excluding hydrogens is 369 g/mol. The van der Waals surface area contributed by atoms with E-state index in [0.29, 0.717) is 15.5 Å². The Morgan fingerprint density at radius 3 is 2.37 bits per heavy atom. The molecule has 2 atom stereocenters. The monoisotopic (exact) mass is 397 g/mol. The molecule has 1 rings (SSSR count). The number of thioether (sulfide) groups is 1. The van der Waals surface area contributed by atoms with E-state index in [1.54, 1.807) is 20.8 Å². The van der Waals surface area contributed by atoms with E-state index in [2.05, 4.69) is 17.2 Å². The summed E-state index contributed by atoms with van der Waals surface area (Å²) in [6.07, 6.45) is -0.931. The lowest BCUT2D eigenvalue weighted by atomic mass is 10.0. The van der Waals surface area contributed by atoms with E-state index < -0.39 is 24.0 Å². The van der Waals surface area contributed by atoms with Gasteiger partial charge < -0.3 is 21.1 Å². The zero-order valence-corrected chi connectivity index (χ0v) is 17.2. The van der Waals surface area contributed by atoms with Crippen LogP contribution in [0.4, 0.5) is 14.9 Å². The van der Waals surface area contributed by atoms with Gasteiger partial charge in [-0.25, -0.2) is 9.18 Å². The summed E-state index contributed by atoms with van der Waals surface area (Å²) in [6, 6.07) is 2.90. The summed E-state index contributed by atoms with van der Waals surface area (Å²) < 4.78 is 18.4. The Morgan fingerprint density at radius 2 is 1.81 bits per heavy atom. The van der Waals surface area contributed by atoms with Gasteiger partial charge in [0.15, 0.2) is 0 Å². The van der Waals surface area contributed by atoms with Gasteiger partial charge in [0.05, 0.1) is 12.1 Å². The molecule has 1 aromatic rings. The first-order valence-corrected chi connectivity index (χ1v) is 9.52. The van der Waals surface area contributed by atoms with Crippen molar-refractivity contribution in [1.82, 2.24) is 10.6 Å². The highest BCUT2D eigenvalue weighted by Gasteiger charge is 2.26. The van der Waals surface area contributed by atoms with Crippen molar-refractivity contribution < 1.29 is 18.7 Å². The largest absolute Gasteiger partial charge is 0.447 e. The van der Waals surface area contributed by atoms with Crippen molar-refractivity contribution in [2.45, 2.75) is 57.7 Å². The van der Waals surface area contributed by atoms with E-state index in [0.717, 1.165) is 0 Å². The average Bonchev–Trinajstić information content (AvgIpc) is 2.54. The molecule has 150 valence electrons. The second-order valence-corrected chi connectivity index (χ2v) is 7.97. The third-order valence-corrected chi connectivity index (χ3v) is 4.81. The highest BCUT2D eigenvalue weighted by molar-refractivity contribution is 8.03. The van der Waals surface area contributed by atoms with Crippen molar-refractivity contribution in [1.29, 1.82) is 0 Å². The van der Waals surface area contributed by atoms with Gasteiger partial charge in [-0.1, -0.05) is 32.2 Å². The number of amides is 2. The van der Waals surface area contributed by atoms with Crippen LogP contribution >= 0.6 is 11.8 Å². The van der Waals surface area contributed by atoms with Gasteiger partial charge in [0, 0.05) is 15.5 Å². The van der Waals surface area contributed by atoms with Crippen molar-refractivity contribution in [3.8, 4) is 0 Å². The molecule has 0 bridgehead atoms. The van der Waals surface area contributed by atoms with Crippen LogP contribution in [0.5, 0.6) is 0 Å². The first kappa shape index (κ1) is 22.8. The van der Waals surface area contributed by atoms with Gasteiger partial charge in [-0.15, -0.1) is 0 Å². The highest BCUT2D eigenvalue weighted by atomic mass is 32.2. The summed E-state index contributed by atoms with van der Waals surface area (Å²) in [4.78, 5) is 25.5. The molecule has 0 aromatic heterocycles. The van der Waals surface area contributed by atoms with Crippen molar-refractivity contribution in [3.63, 3.8) is 0 Å². The summed E-state index contributed by atoms with van der Waals surface area (Å²) in [7, 11) is 0. The fourth-order valence-corrected chi connectivity index (χ4v) is 3.00. The van der Waals surface area contributed by atoms with Crippen LogP contribution in [-0.2, 0) is 9.53 Å². The molecule has 0 aliphatic rings. The minimum Gasteiger partial charge on any atom is -0.447 e. The number of nitrogens with two attached hydrogens (primary N) is 1. The van der Waals surface area contributed by atoms with Crippen molar-refractivity contribution in [3.05, 3.63) is 35.5 Å². The number of benzene rings is 1. The summed E-state index contributed by atoms with van der Waals surface area (Å²) >= 11 is 1.19. The third kappa shape index (κ3) is 7.50. The molecule has 0 heterocycles. The maximum atomic E-state index is 13.4. The maximum absolute atomic E-state index is 13.4. The Bertz CT molecular complexity index is 695. The fraction of sp³-hybridized carbons (Fsp3) is 0.474. The Morgan fingerprint density at radius 1 is 1.19 bits per heavy atom. The van der Waals surface area contributed by atoms with E-state index in [1.807, 2.05) is 13.8 Å². The number of nitrogens with one attached hydrogen (secondary N) is 2. The molecule has 2 amide bonds. The molecule has 0 fully saturated rings. The lowest BCUT2D eigenvalue weighted by Crippen LogP contribution is -2.52. The van der Waals surface area contributed by atoms with E-state index in [-0.39, 0.29) is 17.9 Å². The van der Waals surface area contributed by atoms with Gasteiger partial charge >= 0.3 is 6.09 Å². The first-order valence-electron chi connectivity index (χ1n) is 8.70. The average molecular weight is 398 g/mol. The van der Waals surface area contributed by atoms with Crippen LogP contribution in [0.2, 0.25) is 0 Å². The summed E-state index contributed by atoms with van der Waals surface area (Å²) in [6.45, 7) is 12.8. The van der Waals surface area contributed by atoms with Crippen LogP contribution in [0.1, 0.15) is 34.6 Å². The first-order chi connectivity index (χ1) is 12.5. The molecule has 0 saturated carbocycles. The van der Waals surface area contributed by atoms with Crippen LogP contribution in [0.3, 0.4) is 0 Å². The number of ether oxygens (including phenoxy) is 1. The molecule has 0 aliphatic heterocycles. The number of alkyl carbamates (subject to hydrolysis) is 1. The van der Waals surface area contributed by atoms with Gasteiger partial charge in [-0.2, -0.15) is 0 Å². The third-order valence-electron chi connectivity index (χ3n) is 3.62. The van der Waals surface area contributed by atoms with Gasteiger partial charge in [-0.05, 0) is 44.9 Å². The van der Waals surface area contributed by atoms with Crippen LogP contribution in [0.25, 0.3) is 0 Å². The van der Waals surface area contributed by atoms with E-state index in [9.17, 15) is 14.0 Å². The lowest BCUT2D eigenvalue weighted by molar-refractivity contribution is -0.124. The number of halogens is 1. The van der Waals surface area contributed by atoms with Crippen molar-refractivity contribution in [2.24, 2.45) is 5.92 Å². The summed E-state index contributed by atoms with van der Waals surface area (Å²) in [5.41, 5.74) is 6.27. The standard InChI is InChI=1S/C19H28FN3O3S/c1-10(2)17(23-19(25)26-11(3)4)18(24)22-12(5)13(6)27-16-9-14(20)7-8-15(16)21/h7-12,17H,6,21H2,1-5H3,(H,22,24)(H,23,25)/t12-,17+/m1/s1. The molecular formula is C19H28FN3O3S. The molecule has 8 heteroatoms. The number of carbonyl (C=O) groups excluding carboxylic acids is 2. The molecule has 0 radical (unpaired) electrons. The number of hydrogen-bond donors (Lipinski definition) is 3. The lowest BCUT2D eigenvalue weighted by Gasteiger charge is -2.25. The minimum absolute atomic E-state index is 0.142. The molecule has 27 heavy (non-hydrogen) atoms. The smallest absolute Gasteiger partial charge is 0.408 e. The molecule has 0 aliphatic carbocycles. The van der Waals surface area contributed by atoms with Crippen LogP contribution in [-0.4, -0.2) is 30.2 Å². The highest BCUT2D eigenvalue weighted by Crippen LogP contribution is 2.32. The number of rotatable bonds is 8. The SMILES string of the molecule is C=C(Sc1cc(F)ccc1N)[C@@H](C)NC(=O)[C@@H](NC(=O)OC(C)C)C(C)C. The topological polar surface area (TPSA) is 93.5 Å². The predicted octanol–water partition coefficient (Wildman–Crippen LogP) is 3.68. The molecule has 1 aromatic carbocycles. The molecule has 6 nitrogen and oxygen atoms in total. The van der Waals surface area contributed by atoms with Gasteiger partial charge in [0.1, 0.15) is 11.9 Å². The van der Waals surface area contributed by atoms with E-state index >= 15 is 0 Å². The number of nitrogen functional groups attached to an aromatic ring is 1. The maximum Gasteiger partial charge on any atom is 0.408 e. The second-order valence-electron chi connectivity index (χ2n) is 6.80. The number of anilines is 1. The van der Waals surface area contributed by atoms with Crippen molar-refractivity contribution >= 4 is 29.4 Å². The van der Waals surface area contributed by atoms with Crippen LogP contribution in [0.15, 0.2) is 34.6 Å². The van der Waals surface area contributed by atoms with Crippen LogP contribution < -0.4 is 16.4 Å². The van der Waals surface area contributed by atoms with Crippen LogP contribution in [0, 0.1) is 11.7 Å². The van der Waals surface area contributed by atoms with Gasteiger partial charge in [0.25, 0.3) is 0 Å². The van der Waals surface area contributed by atoms with Gasteiger partial charge in [0.2, 0.25) is 5.91 Å².